The number of hydrogen-bond donors (Lipinski definition) is 3. The van der Waals surface area contributed by atoms with Gasteiger partial charge in [0.05, 0.1) is 19.8 Å². The van der Waals surface area contributed by atoms with E-state index in [0.29, 0.717) is 12.5 Å². The number of aromatic amines is 1. The number of rotatable bonds is 6. The molecule has 0 saturated carbocycles. The lowest BCUT2D eigenvalue weighted by Crippen LogP contribution is -2.45. The van der Waals surface area contributed by atoms with Crippen molar-refractivity contribution in [2.45, 2.75) is 31.8 Å². The summed E-state index contributed by atoms with van der Waals surface area (Å²) >= 11 is 0. The molecule has 1 unspecified atom stereocenters. The van der Waals surface area contributed by atoms with Gasteiger partial charge in [-0.15, -0.1) is 24.0 Å². The van der Waals surface area contributed by atoms with Crippen LogP contribution in [0.3, 0.4) is 0 Å². The van der Waals surface area contributed by atoms with Crippen LogP contribution >= 0.6 is 24.0 Å². The zero-order valence-electron chi connectivity index (χ0n) is 16.3. The molecule has 1 aromatic carbocycles. The summed E-state index contributed by atoms with van der Waals surface area (Å²) in [7, 11) is 1.63. The topological polar surface area (TPSA) is 98.7 Å². The number of methoxy groups -OCH3 is 1. The van der Waals surface area contributed by atoms with Gasteiger partial charge in [0, 0.05) is 25.6 Å². The Morgan fingerprint density at radius 1 is 1.36 bits per heavy atom. The molecule has 3 N–H and O–H groups in total. The van der Waals surface area contributed by atoms with Gasteiger partial charge in [-0.05, 0) is 37.5 Å². The van der Waals surface area contributed by atoms with Crippen molar-refractivity contribution in [2.75, 3.05) is 33.3 Å². The molecule has 0 bridgehead atoms. The summed E-state index contributed by atoms with van der Waals surface area (Å²) < 4.78 is 5.16. The van der Waals surface area contributed by atoms with Crippen molar-refractivity contribution in [3.8, 4) is 5.75 Å². The summed E-state index contributed by atoms with van der Waals surface area (Å²) in [6.07, 6.45) is 2.92. The molecule has 1 saturated heterocycles. The summed E-state index contributed by atoms with van der Waals surface area (Å²) in [4.78, 5) is 11.2. The van der Waals surface area contributed by atoms with Crippen LogP contribution in [-0.2, 0) is 0 Å². The number of likely N-dealkylation sites (tertiary alicyclic amines) is 1. The van der Waals surface area contributed by atoms with Crippen LogP contribution in [0.2, 0.25) is 0 Å². The number of aliphatic hydroxyl groups is 1. The zero-order chi connectivity index (χ0) is 19.1. The molecule has 154 valence electrons. The van der Waals surface area contributed by atoms with Crippen molar-refractivity contribution in [2.24, 2.45) is 4.99 Å². The fourth-order valence-electron chi connectivity index (χ4n) is 3.31. The summed E-state index contributed by atoms with van der Waals surface area (Å²) in [5, 5.41) is 20.7. The Kier molecular flexibility index (Phi) is 8.97. The minimum absolute atomic E-state index is 0. The van der Waals surface area contributed by atoms with Crippen LogP contribution < -0.4 is 10.1 Å². The fourth-order valence-corrected chi connectivity index (χ4v) is 3.31. The van der Waals surface area contributed by atoms with Gasteiger partial charge in [0.15, 0.2) is 5.96 Å². The van der Waals surface area contributed by atoms with Crippen LogP contribution in [0.5, 0.6) is 5.75 Å². The molecule has 2 aromatic rings. The first-order valence-electron chi connectivity index (χ1n) is 9.41. The van der Waals surface area contributed by atoms with E-state index >= 15 is 0 Å². The molecule has 0 spiro atoms. The average Bonchev–Trinajstić information content (AvgIpc) is 3.26. The number of ether oxygens (including phenoxy) is 1. The maximum absolute atomic E-state index is 10.5. The second-order valence-electron chi connectivity index (χ2n) is 6.62. The lowest BCUT2D eigenvalue weighted by atomic mass is 9.96. The zero-order valence-corrected chi connectivity index (χ0v) is 18.7. The Morgan fingerprint density at radius 3 is 2.64 bits per heavy atom. The van der Waals surface area contributed by atoms with Crippen molar-refractivity contribution in [1.29, 1.82) is 0 Å². The van der Waals surface area contributed by atoms with E-state index in [2.05, 4.69) is 37.3 Å². The van der Waals surface area contributed by atoms with Gasteiger partial charge >= 0.3 is 0 Å². The van der Waals surface area contributed by atoms with E-state index in [0.717, 1.165) is 55.6 Å². The van der Waals surface area contributed by atoms with Crippen molar-refractivity contribution >= 4 is 29.9 Å². The lowest BCUT2D eigenvalue weighted by molar-refractivity contribution is 0.186. The van der Waals surface area contributed by atoms with Crippen LogP contribution in [0.15, 0.2) is 35.6 Å². The van der Waals surface area contributed by atoms with Crippen LogP contribution in [0.25, 0.3) is 0 Å². The summed E-state index contributed by atoms with van der Waals surface area (Å²) in [5.41, 5.74) is 0.833. The molecule has 1 aliphatic heterocycles. The van der Waals surface area contributed by atoms with Crippen LogP contribution in [0, 0.1) is 0 Å². The molecule has 3 rings (SSSR count). The molecule has 1 atom stereocenters. The molecule has 1 aromatic heterocycles. The van der Waals surface area contributed by atoms with E-state index in [-0.39, 0.29) is 24.0 Å². The summed E-state index contributed by atoms with van der Waals surface area (Å²) in [6.45, 7) is 4.96. The lowest BCUT2D eigenvalue weighted by Gasteiger charge is -2.33. The number of guanidine groups is 1. The van der Waals surface area contributed by atoms with Gasteiger partial charge in [0.2, 0.25) is 0 Å². The molecule has 1 fully saturated rings. The third-order valence-corrected chi connectivity index (χ3v) is 4.86. The van der Waals surface area contributed by atoms with Crippen LogP contribution in [0.1, 0.15) is 43.2 Å². The third-order valence-electron chi connectivity index (χ3n) is 4.86. The van der Waals surface area contributed by atoms with Crippen LogP contribution in [0.4, 0.5) is 0 Å². The first kappa shape index (κ1) is 22.4. The normalized spacial score (nSPS) is 16.4. The second-order valence-corrected chi connectivity index (χ2v) is 6.62. The molecule has 1 aliphatic rings. The smallest absolute Gasteiger partial charge is 0.194 e. The van der Waals surface area contributed by atoms with Gasteiger partial charge in [-0.3, -0.25) is 10.1 Å². The number of halogens is 1. The van der Waals surface area contributed by atoms with Gasteiger partial charge in [-0.25, -0.2) is 4.98 Å². The third kappa shape index (κ3) is 5.81. The Labute approximate surface area is 182 Å². The Bertz CT molecular complexity index is 715. The number of piperidine rings is 1. The molecule has 0 radical (unpaired) electrons. The molecule has 0 aliphatic carbocycles. The highest BCUT2D eigenvalue weighted by Crippen LogP contribution is 2.25. The van der Waals surface area contributed by atoms with Crippen molar-refractivity contribution in [3.63, 3.8) is 0 Å². The molecule has 28 heavy (non-hydrogen) atoms. The Balaban J connectivity index is 0.00000280. The number of nitrogens with zero attached hydrogens (tertiary/aromatic N) is 4. The first-order chi connectivity index (χ1) is 13.2. The highest BCUT2D eigenvalue weighted by Gasteiger charge is 2.24. The second kappa shape index (κ2) is 11.2. The fraction of sp³-hybridized carbons (Fsp3) is 0.526. The minimum atomic E-state index is -0.642. The number of aliphatic hydroxyl groups excluding tert-OH is 1. The number of H-pyrrole nitrogens is 1. The van der Waals surface area contributed by atoms with Crippen molar-refractivity contribution < 1.29 is 9.84 Å². The standard InChI is InChI=1S/C19H28N6O2.HI/c1-3-20-19(21-12-17(26)14-4-6-16(27-2)7-5-14)25-10-8-15(9-11-25)18-22-13-23-24-18;/h4-7,13,15,17,26H,3,8-12H2,1-2H3,(H,20,21)(H,22,23,24);1H. The van der Waals surface area contributed by atoms with E-state index in [1.807, 2.05) is 24.3 Å². The predicted molar refractivity (Wildman–Crippen MR) is 119 cm³/mol. The molecule has 0 amide bonds. The molecular weight excluding hydrogens is 471 g/mol. The van der Waals surface area contributed by atoms with Crippen molar-refractivity contribution in [1.82, 2.24) is 25.4 Å². The van der Waals surface area contributed by atoms with Crippen molar-refractivity contribution in [3.05, 3.63) is 42.0 Å². The monoisotopic (exact) mass is 500 g/mol. The maximum Gasteiger partial charge on any atom is 0.194 e. The van der Waals surface area contributed by atoms with E-state index in [9.17, 15) is 5.11 Å². The van der Waals surface area contributed by atoms with Gasteiger partial charge in [0.1, 0.15) is 17.9 Å². The van der Waals surface area contributed by atoms with E-state index in [1.165, 1.54) is 0 Å². The molecule has 2 heterocycles. The van der Waals surface area contributed by atoms with Gasteiger partial charge < -0.3 is 20.1 Å². The number of aliphatic imine (C=N–C) groups is 1. The molecule has 8 nitrogen and oxygen atoms in total. The highest BCUT2D eigenvalue weighted by molar-refractivity contribution is 14.0. The predicted octanol–water partition coefficient (Wildman–Crippen LogP) is 2.31. The van der Waals surface area contributed by atoms with E-state index < -0.39 is 6.10 Å². The summed E-state index contributed by atoms with van der Waals surface area (Å²) in [6, 6.07) is 7.44. The van der Waals surface area contributed by atoms with Gasteiger partial charge in [-0.1, -0.05) is 12.1 Å². The Morgan fingerprint density at radius 2 is 2.07 bits per heavy atom. The SMILES string of the molecule is CCNC(=NCC(O)c1ccc(OC)cc1)N1CCC(c2ncn[nH]2)CC1.I. The largest absolute Gasteiger partial charge is 0.497 e. The molecular formula is C19H29IN6O2. The number of nitrogens with one attached hydrogen (secondary N) is 2. The van der Waals surface area contributed by atoms with Crippen LogP contribution in [-0.4, -0.2) is 64.4 Å². The first-order valence-corrected chi connectivity index (χ1v) is 9.41. The van der Waals surface area contributed by atoms with E-state index in [1.54, 1.807) is 13.4 Å². The quantitative estimate of drug-likeness (QED) is 0.320. The maximum atomic E-state index is 10.5. The summed E-state index contributed by atoms with van der Waals surface area (Å²) in [5.74, 6) is 3.00. The number of aromatic nitrogens is 3. The molecule has 9 heteroatoms. The van der Waals surface area contributed by atoms with Gasteiger partial charge in [0.25, 0.3) is 0 Å². The number of benzene rings is 1. The highest BCUT2D eigenvalue weighted by atomic mass is 127. The van der Waals surface area contributed by atoms with Gasteiger partial charge in [-0.2, -0.15) is 5.10 Å². The Hall–Kier alpha value is -1.88. The minimum Gasteiger partial charge on any atom is -0.497 e. The average molecular weight is 500 g/mol. The van der Waals surface area contributed by atoms with E-state index in [4.69, 9.17) is 4.74 Å². The number of hydrogen-bond acceptors (Lipinski definition) is 5.